The zero-order valence-electron chi connectivity index (χ0n) is 10.5. The van der Waals surface area contributed by atoms with E-state index in [1.165, 1.54) is 18.2 Å². The Kier molecular flexibility index (Phi) is 4.06. The van der Waals surface area contributed by atoms with Crippen molar-refractivity contribution in [3.05, 3.63) is 28.9 Å². The normalized spacial score (nSPS) is 13.8. The van der Waals surface area contributed by atoms with Crippen molar-refractivity contribution in [2.75, 3.05) is 6.61 Å². The summed E-state index contributed by atoms with van der Waals surface area (Å²) in [6, 6.07) is 3.50. The zero-order chi connectivity index (χ0) is 13.9. The number of benzene rings is 1. The molecule has 2 amide bonds. The Morgan fingerprint density at radius 1 is 1.16 bits per heavy atom. The van der Waals surface area contributed by atoms with Gasteiger partial charge in [-0.15, -0.1) is 0 Å². The highest BCUT2D eigenvalue weighted by Gasteiger charge is 2.16. The Morgan fingerprint density at radius 3 is 2.63 bits per heavy atom. The maximum absolute atomic E-state index is 11.9. The fourth-order valence-electron chi connectivity index (χ4n) is 1.66. The summed E-state index contributed by atoms with van der Waals surface area (Å²) in [5.41, 5.74) is 0. The second-order valence-electron chi connectivity index (χ2n) is 4.14. The average Bonchev–Trinajstić information content (AvgIpc) is 2.73. The Balaban J connectivity index is 2.19. The smallest absolute Gasteiger partial charge is 0.266 e. The summed E-state index contributed by atoms with van der Waals surface area (Å²) in [5, 5.41) is 0.651. The van der Waals surface area contributed by atoms with Crippen LogP contribution in [0.1, 0.15) is 26.2 Å². The van der Waals surface area contributed by atoms with Gasteiger partial charge in [-0.1, -0.05) is 19.8 Å². The Hall–Kier alpha value is -1.60. The summed E-state index contributed by atoms with van der Waals surface area (Å²) in [5.74, 6) is 0. The minimum atomic E-state index is -3.79. The molecule has 1 aliphatic rings. The molecule has 0 aliphatic carbocycles. The van der Waals surface area contributed by atoms with Crippen molar-refractivity contribution < 1.29 is 17.4 Å². The van der Waals surface area contributed by atoms with E-state index in [0.717, 1.165) is 12.8 Å². The molecule has 0 radical (unpaired) electrons. The highest BCUT2D eigenvalue weighted by molar-refractivity contribution is 7.86. The van der Waals surface area contributed by atoms with E-state index in [9.17, 15) is 13.2 Å². The largest absolute Gasteiger partial charge is 0.368 e. The lowest BCUT2D eigenvalue weighted by Gasteiger charge is -2.04. The number of amides is 2. The number of hydrogen-bond donors (Lipinski definition) is 0. The number of urea groups is 1. The van der Waals surface area contributed by atoms with Gasteiger partial charge in [-0.3, -0.25) is 4.18 Å². The lowest BCUT2D eigenvalue weighted by atomic mass is 10.3. The van der Waals surface area contributed by atoms with Gasteiger partial charge in [0.15, 0.2) is 0 Å². The van der Waals surface area contributed by atoms with Crippen LogP contribution in [-0.4, -0.2) is 21.1 Å². The molecule has 6 nitrogen and oxygen atoms in total. The molecule has 7 heteroatoms. The molecule has 1 heterocycles. The van der Waals surface area contributed by atoms with Crippen LogP contribution < -0.4 is 10.7 Å². The fraction of sp³-hybridized carbons (Fsp3) is 0.417. The minimum absolute atomic E-state index is 0.00333. The molecule has 0 saturated heterocycles. The van der Waals surface area contributed by atoms with Crippen molar-refractivity contribution in [1.29, 1.82) is 0 Å². The van der Waals surface area contributed by atoms with Gasteiger partial charge in [0.05, 0.1) is 22.2 Å². The van der Waals surface area contributed by atoms with E-state index in [1.54, 1.807) is 0 Å². The number of carbonyl (C=O) groups is 1. The minimum Gasteiger partial charge on any atom is -0.266 e. The molecule has 1 aliphatic heterocycles. The van der Waals surface area contributed by atoms with Crippen molar-refractivity contribution >= 4 is 16.1 Å². The van der Waals surface area contributed by atoms with Crippen LogP contribution in [0.4, 0.5) is 4.79 Å². The number of carbonyl (C=O) groups excluding carboxylic acids is 1. The molecule has 0 saturated carbocycles. The van der Waals surface area contributed by atoms with Crippen molar-refractivity contribution in [2.24, 2.45) is 9.98 Å². The molecular weight excluding hydrogens is 268 g/mol. The number of nitrogens with zero attached hydrogens (tertiary/aromatic N) is 2. The molecule has 1 aromatic rings. The highest BCUT2D eigenvalue weighted by atomic mass is 32.2. The molecule has 19 heavy (non-hydrogen) atoms. The van der Waals surface area contributed by atoms with Crippen LogP contribution in [0.3, 0.4) is 0 Å². The SMILES string of the molecule is CCCCCOS(=O)(=O)c1ccc2c(c1)=NC(=O)N=2. The molecule has 102 valence electrons. The van der Waals surface area contributed by atoms with Crippen LogP contribution in [0, 0.1) is 0 Å². The Bertz CT molecular complexity index is 710. The third-order valence-corrected chi connectivity index (χ3v) is 3.96. The lowest BCUT2D eigenvalue weighted by molar-refractivity contribution is 0.256. The maximum atomic E-state index is 11.9. The number of hydrogen-bond acceptors (Lipinski definition) is 4. The summed E-state index contributed by atoms with van der Waals surface area (Å²) in [6.07, 6.45) is 2.60. The summed E-state index contributed by atoms with van der Waals surface area (Å²) in [7, 11) is -3.79. The van der Waals surface area contributed by atoms with E-state index in [-0.39, 0.29) is 16.9 Å². The second-order valence-corrected chi connectivity index (χ2v) is 5.76. The summed E-state index contributed by atoms with van der Waals surface area (Å²) in [4.78, 5) is 18.2. The number of unbranched alkanes of at least 4 members (excludes halogenated alkanes) is 2. The molecule has 2 rings (SSSR count). The monoisotopic (exact) mass is 282 g/mol. The van der Waals surface area contributed by atoms with Gasteiger partial charge >= 0.3 is 6.03 Å². The van der Waals surface area contributed by atoms with E-state index in [1.807, 2.05) is 6.92 Å². The Labute approximate surface area is 111 Å². The van der Waals surface area contributed by atoms with Crippen LogP contribution in [0.2, 0.25) is 0 Å². The maximum Gasteiger partial charge on any atom is 0.368 e. The predicted octanol–water partition coefficient (Wildman–Crippen LogP) is 0.955. The first-order valence-electron chi connectivity index (χ1n) is 6.04. The van der Waals surface area contributed by atoms with Crippen LogP contribution in [0.25, 0.3) is 0 Å². The topological polar surface area (TPSA) is 85.2 Å². The number of rotatable bonds is 6. The van der Waals surface area contributed by atoms with E-state index >= 15 is 0 Å². The van der Waals surface area contributed by atoms with E-state index in [0.29, 0.717) is 11.8 Å². The van der Waals surface area contributed by atoms with Crippen LogP contribution in [0.15, 0.2) is 33.1 Å². The van der Waals surface area contributed by atoms with Gasteiger partial charge in [0.25, 0.3) is 10.1 Å². The van der Waals surface area contributed by atoms with Gasteiger partial charge in [-0.2, -0.15) is 18.4 Å². The van der Waals surface area contributed by atoms with Crippen molar-refractivity contribution in [3.63, 3.8) is 0 Å². The molecule has 0 bridgehead atoms. The molecule has 0 spiro atoms. The van der Waals surface area contributed by atoms with Gasteiger partial charge in [-0.25, -0.2) is 4.79 Å². The van der Waals surface area contributed by atoms with Crippen LogP contribution in [-0.2, 0) is 14.3 Å². The van der Waals surface area contributed by atoms with Gasteiger partial charge in [-0.05, 0) is 24.6 Å². The summed E-state index contributed by atoms with van der Waals surface area (Å²) >= 11 is 0. The third kappa shape index (κ3) is 3.24. The zero-order valence-corrected chi connectivity index (χ0v) is 11.3. The second kappa shape index (κ2) is 5.58. The van der Waals surface area contributed by atoms with Gasteiger partial charge in [0, 0.05) is 0 Å². The first kappa shape index (κ1) is 13.8. The fourth-order valence-corrected chi connectivity index (χ4v) is 2.63. The van der Waals surface area contributed by atoms with Crippen molar-refractivity contribution in [2.45, 2.75) is 31.1 Å². The highest BCUT2D eigenvalue weighted by Crippen LogP contribution is 2.10. The van der Waals surface area contributed by atoms with E-state index < -0.39 is 16.1 Å². The summed E-state index contributed by atoms with van der Waals surface area (Å²) < 4.78 is 28.7. The Morgan fingerprint density at radius 2 is 1.89 bits per heavy atom. The molecule has 0 unspecified atom stereocenters. The number of fused-ring (bicyclic) bond motifs is 1. The van der Waals surface area contributed by atoms with Gasteiger partial charge in [0.2, 0.25) is 0 Å². The molecular formula is C12H14N2O4S. The molecule has 0 aromatic heterocycles. The summed E-state index contributed by atoms with van der Waals surface area (Å²) in [6.45, 7) is 2.19. The van der Waals surface area contributed by atoms with Crippen LogP contribution >= 0.6 is 0 Å². The molecule has 0 atom stereocenters. The molecule has 1 aromatic carbocycles. The standard InChI is InChI=1S/C12H14N2O4S/c1-2-3-4-7-18-19(16,17)9-5-6-10-11(8-9)14-12(15)13-10/h5-6,8H,2-4,7H2,1H3. The molecule has 0 fully saturated rings. The van der Waals surface area contributed by atoms with E-state index in [2.05, 4.69) is 9.98 Å². The van der Waals surface area contributed by atoms with Crippen LogP contribution in [0.5, 0.6) is 0 Å². The van der Waals surface area contributed by atoms with Crippen molar-refractivity contribution in [3.8, 4) is 0 Å². The van der Waals surface area contributed by atoms with Gasteiger partial charge < -0.3 is 0 Å². The van der Waals surface area contributed by atoms with E-state index in [4.69, 9.17) is 4.18 Å². The quantitative estimate of drug-likeness (QED) is 0.574. The molecule has 0 N–H and O–H groups in total. The lowest BCUT2D eigenvalue weighted by Crippen LogP contribution is -2.23. The van der Waals surface area contributed by atoms with Crippen molar-refractivity contribution in [1.82, 2.24) is 0 Å². The van der Waals surface area contributed by atoms with Gasteiger partial charge in [0.1, 0.15) is 0 Å². The first-order chi connectivity index (χ1) is 9.03. The third-order valence-electron chi connectivity index (χ3n) is 2.65. The predicted molar refractivity (Wildman–Crippen MR) is 66.8 cm³/mol. The first-order valence-corrected chi connectivity index (χ1v) is 7.44. The average molecular weight is 282 g/mol.